The zero-order valence-electron chi connectivity index (χ0n) is 15.6. The monoisotopic (exact) mass is 356 g/mol. The average Bonchev–Trinajstić information content (AvgIpc) is 2.72. The molecule has 140 valence electrons. The number of nitrogens with zero attached hydrogens (tertiary/aromatic N) is 3. The quantitative estimate of drug-likeness (QED) is 0.727. The Morgan fingerprint density at radius 1 is 1.15 bits per heavy atom. The van der Waals surface area contributed by atoms with Crippen LogP contribution in [0.2, 0.25) is 0 Å². The van der Waals surface area contributed by atoms with Crippen molar-refractivity contribution >= 4 is 11.8 Å². The van der Waals surface area contributed by atoms with Crippen molar-refractivity contribution in [2.75, 3.05) is 37.0 Å². The van der Waals surface area contributed by atoms with Crippen molar-refractivity contribution in [3.8, 4) is 11.5 Å². The molecule has 1 saturated heterocycles. The molecule has 0 radical (unpaired) electrons. The summed E-state index contributed by atoms with van der Waals surface area (Å²) in [6, 6.07) is 10.1. The van der Waals surface area contributed by atoms with Gasteiger partial charge in [0.1, 0.15) is 23.9 Å². The van der Waals surface area contributed by atoms with E-state index in [1.54, 1.807) is 7.11 Å². The molecular weight excluding hydrogens is 328 g/mol. The van der Waals surface area contributed by atoms with Crippen molar-refractivity contribution in [3.05, 3.63) is 36.5 Å². The molecule has 0 saturated carbocycles. The van der Waals surface area contributed by atoms with Crippen molar-refractivity contribution in [3.63, 3.8) is 0 Å². The third-order valence-electron chi connectivity index (χ3n) is 4.73. The fraction of sp³-hybridized carbons (Fsp3) is 0.500. The van der Waals surface area contributed by atoms with Gasteiger partial charge in [0, 0.05) is 18.8 Å². The van der Waals surface area contributed by atoms with Crippen LogP contribution in [-0.4, -0.2) is 42.8 Å². The predicted molar refractivity (Wildman–Crippen MR) is 104 cm³/mol. The summed E-state index contributed by atoms with van der Waals surface area (Å²) in [5.41, 5.74) is 0. The number of piperidine rings is 1. The first-order valence-electron chi connectivity index (χ1n) is 9.40. The minimum Gasteiger partial charge on any atom is -0.497 e. The van der Waals surface area contributed by atoms with E-state index in [1.807, 2.05) is 36.5 Å². The summed E-state index contributed by atoms with van der Waals surface area (Å²) in [6.07, 6.45) is 6.71. The van der Waals surface area contributed by atoms with E-state index < -0.39 is 0 Å². The van der Waals surface area contributed by atoms with Gasteiger partial charge in [-0.1, -0.05) is 6.92 Å². The standard InChI is InChI=1S/C20H28N4O2/c1-3-16-6-4-5-14-24(16)20-22-12-11-19(23-20)21-13-15-26-18-9-7-17(25-2)8-10-18/h7-12,16H,3-6,13-15H2,1-2H3,(H,21,22,23). The Kier molecular flexibility index (Phi) is 6.52. The van der Waals surface area contributed by atoms with Crippen molar-refractivity contribution < 1.29 is 9.47 Å². The summed E-state index contributed by atoms with van der Waals surface area (Å²) >= 11 is 0. The van der Waals surface area contributed by atoms with E-state index >= 15 is 0 Å². The Morgan fingerprint density at radius 3 is 2.73 bits per heavy atom. The van der Waals surface area contributed by atoms with E-state index in [0.717, 1.165) is 36.2 Å². The predicted octanol–water partition coefficient (Wildman–Crippen LogP) is 3.75. The fourth-order valence-electron chi connectivity index (χ4n) is 3.29. The van der Waals surface area contributed by atoms with E-state index in [4.69, 9.17) is 14.5 Å². The number of hydrogen-bond donors (Lipinski definition) is 1. The van der Waals surface area contributed by atoms with Crippen LogP contribution in [0.4, 0.5) is 11.8 Å². The van der Waals surface area contributed by atoms with Gasteiger partial charge < -0.3 is 19.7 Å². The molecule has 1 aliphatic heterocycles. The van der Waals surface area contributed by atoms with Crippen molar-refractivity contribution in [2.24, 2.45) is 0 Å². The smallest absolute Gasteiger partial charge is 0.227 e. The summed E-state index contributed by atoms with van der Waals surface area (Å²) in [5, 5.41) is 3.32. The Labute approximate surface area is 155 Å². The highest BCUT2D eigenvalue weighted by molar-refractivity contribution is 5.42. The van der Waals surface area contributed by atoms with Gasteiger partial charge in [0.15, 0.2) is 0 Å². The topological polar surface area (TPSA) is 59.5 Å². The molecule has 2 aromatic rings. The summed E-state index contributed by atoms with van der Waals surface area (Å²) in [5.74, 6) is 3.33. The second-order valence-corrected chi connectivity index (χ2v) is 6.44. The lowest BCUT2D eigenvalue weighted by atomic mass is 10.0. The van der Waals surface area contributed by atoms with E-state index in [0.29, 0.717) is 19.2 Å². The number of nitrogens with one attached hydrogen (secondary N) is 1. The third kappa shape index (κ3) is 4.77. The molecule has 1 atom stereocenters. The lowest BCUT2D eigenvalue weighted by molar-refractivity contribution is 0.331. The van der Waals surface area contributed by atoms with Crippen LogP contribution in [0.15, 0.2) is 36.5 Å². The van der Waals surface area contributed by atoms with Crippen LogP contribution in [0.3, 0.4) is 0 Å². The van der Waals surface area contributed by atoms with E-state index in [2.05, 4.69) is 22.1 Å². The Morgan fingerprint density at radius 2 is 1.96 bits per heavy atom. The summed E-state index contributed by atoms with van der Waals surface area (Å²) in [7, 11) is 1.66. The Balaban J connectivity index is 1.50. The van der Waals surface area contributed by atoms with Gasteiger partial charge >= 0.3 is 0 Å². The molecule has 0 amide bonds. The summed E-state index contributed by atoms with van der Waals surface area (Å²) < 4.78 is 10.9. The first kappa shape index (κ1) is 18.3. The third-order valence-corrected chi connectivity index (χ3v) is 4.73. The number of rotatable bonds is 8. The number of aromatic nitrogens is 2. The summed E-state index contributed by atoms with van der Waals surface area (Å²) in [6.45, 7) is 4.52. The molecule has 1 aromatic heterocycles. The average molecular weight is 356 g/mol. The minimum atomic E-state index is 0.553. The normalized spacial score (nSPS) is 17.0. The second kappa shape index (κ2) is 9.27. The van der Waals surface area contributed by atoms with Crippen LogP contribution in [0, 0.1) is 0 Å². The highest BCUT2D eigenvalue weighted by Gasteiger charge is 2.23. The highest BCUT2D eigenvalue weighted by atomic mass is 16.5. The van der Waals surface area contributed by atoms with Crippen molar-refractivity contribution in [1.82, 2.24) is 9.97 Å². The second-order valence-electron chi connectivity index (χ2n) is 6.44. The molecular formula is C20H28N4O2. The maximum absolute atomic E-state index is 5.74. The molecule has 2 heterocycles. The first-order chi connectivity index (χ1) is 12.8. The molecule has 1 aromatic carbocycles. The van der Waals surface area contributed by atoms with Gasteiger partial charge in [-0.15, -0.1) is 0 Å². The number of benzene rings is 1. The van der Waals surface area contributed by atoms with Gasteiger partial charge in [0.05, 0.1) is 13.7 Å². The number of ether oxygens (including phenoxy) is 2. The van der Waals surface area contributed by atoms with Gasteiger partial charge in [0.2, 0.25) is 5.95 Å². The van der Waals surface area contributed by atoms with Crippen LogP contribution >= 0.6 is 0 Å². The molecule has 3 rings (SSSR count). The molecule has 0 bridgehead atoms. The molecule has 1 N–H and O–H groups in total. The maximum Gasteiger partial charge on any atom is 0.227 e. The fourth-order valence-corrected chi connectivity index (χ4v) is 3.29. The number of hydrogen-bond acceptors (Lipinski definition) is 6. The summed E-state index contributed by atoms with van der Waals surface area (Å²) in [4.78, 5) is 11.5. The molecule has 6 nitrogen and oxygen atoms in total. The molecule has 0 spiro atoms. The van der Waals surface area contributed by atoms with Crippen LogP contribution in [0.25, 0.3) is 0 Å². The van der Waals surface area contributed by atoms with Crippen LogP contribution in [0.5, 0.6) is 11.5 Å². The van der Waals surface area contributed by atoms with E-state index in [-0.39, 0.29) is 0 Å². The van der Waals surface area contributed by atoms with Crippen LogP contribution in [-0.2, 0) is 0 Å². The van der Waals surface area contributed by atoms with Gasteiger partial charge in [-0.3, -0.25) is 0 Å². The van der Waals surface area contributed by atoms with Gasteiger partial charge in [-0.05, 0) is 56.0 Å². The van der Waals surface area contributed by atoms with Crippen molar-refractivity contribution in [1.29, 1.82) is 0 Å². The van der Waals surface area contributed by atoms with Gasteiger partial charge in [-0.25, -0.2) is 4.98 Å². The molecule has 0 aliphatic carbocycles. The van der Waals surface area contributed by atoms with Gasteiger partial charge in [0.25, 0.3) is 0 Å². The molecule has 26 heavy (non-hydrogen) atoms. The van der Waals surface area contributed by atoms with Crippen molar-refractivity contribution in [2.45, 2.75) is 38.6 Å². The molecule has 1 fully saturated rings. The first-order valence-corrected chi connectivity index (χ1v) is 9.40. The SMILES string of the molecule is CCC1CCCCN1c1nccc(NCCOc2ccc(OC)cc2)n1. The Bertz CT molecular complexity index is 678. The largest absolute Gasteiger partial charge is 0.497 e. The minimum absolute atomic E-state index is 0.553. The molecule has 6 heteroatoms. The number of anilines is 2. The zero-order valence-corrected chi connectivity index (χ0v) is 15.6. The maximum atomic E-state index is 5.74. The van der Waals surface area contributed by atoms with E-state index in [9.17, 15) is 0 Å². The Hall–Kier alpha value is -2.50. The van der Waals surface area contributed by atoms with Crippen LogP contribution < -0.4 is 19.7 Å². The number of methoxy groups -OCH3 is 1. The molecule has 1 unspecified atom stereocenters. The zero-order chi connectivity index (χ0) is 18.2. The molecule has 1 aliphatic rings. The lowest BCUT2D eigenvalue weighted by Gasteiger charge is -2.35. The highest BCUT2D eigenvalue weighted by Crippen LogP contribution is 2.24. The van der Waals surface area contributed by atoms with Crippen LogP contribution in [0.1, 0.15) is 32.6 Å². The van der Waals surface area contributed by atoms with E-state index in [1.165, 1.54) is 19.3 Å². The lowest BCUT2D eigenvalue weighted by Crippen LogP contribution is -2.40. The van der Waals surface area contributed by atoms with Gasteiger partial charge in [-0.2, -0.15) is 4.98 Å².